The van der Waals surface area contributed by atoms with Crippen molar-refractivity contribution in [2.24, 2.45) is 0 Å². The zero-order chi connectivity index (χ0) is 36.2. The molecule has 0 unspecified atom stereocenters. The van der Waals surface area contributed by atoms with E-state index in [9.17, 15) is 9.18 Å². The first-order valence-corrected chi connectivity index (χ1v) is 18.2. The molecule has 2 aromatic carbocycles. The number of rotatable bonds is 17. The van der Waals surface area contributed by atoms with Gasteiger partial charge in [0.15, 0.2) is 0 Å². The van der Waals surface area contributed by atoms with E-state index in [-0.39, 0.29) is 11.7 Å². The van der Waals surface area contributed by atoms with Crippen LogP contribution in [0.15, 0.2) is 72.4 Å². The second-order valence-electron chi connectivity index (χ2n) is 11.2. The number of carbonyl (C=O) groups excluding carboxylic acids is 1. The number of nitrogens with zero attached hydrogens (tertiary/aromatic N) is 1. The van der Waals surface area contributed by atoms with E-state index in [1.54, 1.807) is 13.0 Å². The summed E-state index contributed by atoms with van der Waals surface area (Å²) in [6, 6.07) is 14.1. The van der Waals surface area contributed by atoms with Gasteiger partial charge in [0.1, 0.15) is 12.4 Å². The number of halogens is 1. The lowest BCUT2D eigenvalue weighted by molar-refractivity contribution is 0.0952. The van der Waals surface area contributed by atoms with E-state index in [0.717, 1.165) is 66.9 Å². The second-order valence-corrected chi connectivity index (χ2v) is 11.2. The van der Waals surface area contributed by atoms with Crippen LogP contribution in [0, 0.1) is 6.92 Å². The predicted octanol–water partition coefficient (Wildman–Crippen LogP) is 11.1. The van der Waals surface area contributed by atoms with Crippen molar-refractivity contribution in [1.82, 2.24) is 15.2 Å². The van der Waals surface area contributed by atoms with Gasteiger partial charge in [0.05, 0.1) is 29.3 Å². The fourth-order valence-electron chi connectivity index (χ4n) is 4.34. The molecule has 0 saturated heterocycles. The molecule has 1 aromatic heterocycles. The molecule has 270 valence electrons. The third kappa shape index (κ3) is 18.1. The normalized spacial score (nSPS) is 11.0. The van der Waals surface area contributed by atoms with E-state index >= 15 is 0 Å². The number of ether oxygens (including phenoxy) is 2. The third-order valence-corrected chi connectivity index (χ3v) is 7.07. The van der Waals surface area contributed by atoms with Crippen molar-refractivity contribution in [2.45, 2.75) is 121 Å². The van der Waals surface area contributed by atoms with Crippen molar-refractivity contribution in [3.63, 3.8) is 0 Å². The maximum Gasteiger partial charge on any atom is 0.253 e. The van der Waals surface area contributed by atoms with E-state index in [1.807, 2.05) is 64.2 Å². The van der Waals surface area contributed by atoms with E-state index in [4.69, 9.17) is 9.47 Å². The first-order chi connectivity index (χ1) is 23.3. The maximum absolute atomic E-state index is 12.9. The Hall–Kier alpha value is -3.58. The van der Waals surface area contributed by atoms with Crippen molar-refractivity contribution < 1.29 is 18.7 Å². The molecule has 3 rings (SSSR count). The van der Waals surface area contributed by atoms with Crippen LogP contribution >= 0.6 is 0 Å². The molecule has 1 amide bonds. The van der Waals surface area contributed by atoms with Gasteiger partial charge in [0.2, 0.25) is 0 Å². The van der Waals surface area contributed by atoms with Gasteiger partial charge in [-0.25, -0.2) is 4.39 Å². The molecule has 3 aromatic rings. The lowest BCUT2D eigenvalue weighted by Gasteiger charge is -2.09. The van der Waals surface area contributed by atoms with Gasteiger partial charge in [-0.3, -0.25) is 4.79 Å². The molecule has 0 aliphatic heterocycles. The summed E-state index contributed by atoms with van der Waals surface area (Å²) in [5, 5.41) is 7.23. The smallest absolute Gasteiger partial charge is 0.253 e. The minimum atomic E-state index is -0.123. The minimum absolute atomic E-state index is 0.0506. The number of benzene rings is 2. The molecule has 0 bridgehead atoms. The number of unbranched alkanes of at least 4 members (excludes halogenated alkanes) is 2. The number of nitrogens with one attached hydrogen (secondary N) is 2. The Morgan fingerprint density at radius 2 is 1.62 bits per heavy atom. The van der Waals surface area contributed by atoms with E-state index in [1.165, 1.54) is 24.5 Å². The summed E-state index contributed by atoms with van der Waals surface area (Å²) in [4.78, 5) is 12.9. The Kier molecular flexibility index (Phi) is 26.3. The lowest BCUT2D eigenvalue weighted by Crippen LogP contribution is -2.22. The fraction of sp³-hybridized carbons (Fsp3) is 0.537. The quantitative estimate of drug-likeness (QED) is 0.0854. The summed E-state index contributed by atoms with van der Waals surface area (Å²) in [5.74, 6) is 1.41. The van der Waals surface area contributed by atoms with Gasteiger partial charge < -0.3 is 24.7 Å². The topological polar surface area (TPSA) is 64.5 Å². The number of hydrogen-bond donors (Lipinski definition) is 2. The molecule has 0 radical (unpaired) electrons. The van der Waals surface area contributed by atoms with Crippen molar-refractivity contribution in [2.75, 3.05) is 26.3 Å². The first-order valence-electron chi connectivity index (χ1n) is 18.2. The van der Waals surface area contributed by atoms with Crippen LogP contribution in [0.3, 0.4) is 0 Å². The molecule has 0 aliphatic rings. The van der Waals surface area contributed by atoms with Gasteiger partial charge in [0, 0.05) is 31.2 Å². The average Bonchev–Trinajstić information content (AvgIpc) is 3.49. The zero-order valence-corrected chi connectivity index (χ0v) is 31.8. The molecular formula is C41H66FN3O3. The number of aryl methyl sites for hydroxylation is 2. The zero-order valence-electron chi connectivity index (χ0n) is 31.8. The second kappa shape index (κ2) is 28.4. The average molecular weight is 668 g/mol. The number of amides is 1. The highest BCUT2D eigenvalue weighted by Gasteiger charge is 2.18. The van der Waals surface area contributed by atoms with Crippen LogP contribution in [0.1, 0.15) is 122 Å². The van der Waals surface area contributed by atoms with E-state index < -0.39 is 0 Å². The highest BCUT2D eigenvalue weighted by molar-refractivity contribution is 6.08. The molecule has 7 heteroatoms. The van der Waals surface area contributed by atoms with Crippen LogP contribution in [0.5, 0.6) is 5.75 Å². The molecular weight excluding hydrogens is 601 g/mol. The molecule has 2 N–H and O–H groups in total. The maximum atomic E-state index is 12.9. The molecule has 0 aliphatic carbocycles. The van der Waals surface area contributed by atoms with Crippen LogP contribution in [-0.2, 0) is 17.8 Å². The number of hydrogen-bond acceptors (Lipinski definition) is 4. The first kappa shape index (κ1) is 44.4. The van der Waals surface area contributed by atoms with Crippen LogP contribution in [0.25, 0.3) is 10.9 Å². The standard InChI is InChI=1S/C23H28N2O2.C12H22FNO.C4H10.C2H6/c1-4-6-13-25-16-20(19-11-8-12-21(22(19)25)27-5-2)23(26)24-15-18-10-7-9-17(3)14-18;1-4-8-14-9-10-15-11(3)6-7-12(13)5-2;1-3-4-2;1-2/h7-12,14,16H,4-6,13,15H2,1-3H3,(H,24,26);6-7,14H,4-5,8-10H2,1-3H3;3-4H2,1-2H3;1-2H3/b;11-6+,12-7+;;. The molecule has 6 nitrogen and oxygen atoms in total. The van der Waals surface area contributed by atoms with Crippen LogP contribution in [0.2, 0.25) is 0 Å². The van der Waals surface area contributed by atoms with Gasteiger partial charge in [0.25, 0.3) is 5.91 Å². The molecule has 0 spiro atoms. The highest BCUT2D eigenvalue weighted by atomic mass is 19.1. The van der Waals surface area contributed by atoms with Gasteiger partial charge >= 0.3 is 0 Å². The van der Waals surface area contributed by atoms with Crippen molar-refractivity contribution >= 4 is 16.8 Å². The van der Waals surface area contributed by atoms with Gasteiger partial charge in [-0.1, -0.05) is 110 Å². The summed E-state index contributed by atoms with van der Waals surface area (Å²) < 4.78 is 26.1. The van der Waals surface area contributed by atoms with Crippen molar-refractivity contribution in [3.05, 3.63) is 89.1 Å². The number of para-hydroxylation sites is 1. The number of fused-ring (bicyclic) bond motifs is 1. The molecule has 0 saturated carbocycles. The summed E-state index contributed by atoms with van der Waals surface area (Å²) in [7, 11) is 0. The third-order valence-electron chi connectivity index (χ3n) is 7.07. The van der Waals surface area contributed by atoms with Crippen LogP contribution in [0.4, 0.5) is 4.39 Å². The molecule has 1 heterocycles. The largest absolute Gasteiger partial charge is 0.497 e. The van der Waals surface area contributed by atoms with Gasteiger partial charge in [-0.05, 0) is 70.4 Å². The van der Waals surface area contributed by atoms with E-state index in [2.05, 4.69) is 62.0 Å². The molecule has 0 atom stereocenters. The van der Waals surface area contributed by atoms with E-state index in [0.29, 0.717) is 31.7 Å². The Morgan fingerprint density at radius 1 is 0.917 bits per heavy atom. The highest BCUT2D eigenvalue weighted by Crippen LogP contribution is 2.30. The number of aromatic nitrogens is 1. The summed E-state index contributed by atoms with van der Waals surface area (Å²) in [6.45, 7) is 24.8. The fourth-order valence-corrected chi connectivity index (χ4v) is 4.34. The molecule has 48 heavy (non-hydrogen) atoms. The Labute approximate surface area is 292 Å². The number of allylic oxidation sites excluding steroid dienone is 4. The van der Waals surface area contributed by atoms with Crippen LogP contribution in [-0.4, -0.2) is 36.8 Å². The summed E-state index contributed by atoms with van der Waals surface area (Å²) >= 11 is 0. The van der Waals surface area contributed by atoms with Crippen molar-refractivity contribution in [3.8, 4) is 5.75 Å². The number of carbonyl (C=O) groups is 1. The Bertz CT molecular complexity index is 1330. The monoisotopic (exact) mass is 668 g/mol. The molecule has 0 fully saturated rings. The summed E-state index contributed by atoms with van der Waals surface area (Å²) in [5.41, 5.74) is 4.01. The Balaban J connectivity index is 0.000000891. The SMILES string of the molecule is CC.CCCC.CCCCn1cc(C(=O)NCc2cccc(C)c2)c2cccc(OCC)c21.CCCNCCO/C(C)=C/C=C(/F)CC. The van der Waals surface area contributed by atoms with Gasteiger partial charge in [-0.15, -0.1) is 0 Å². The minimum Gasteiger partial charge on any atom is -0.497 e. The van der Waals surface area contributed by atoms with Crippen LogP contribution < -0.4 is 15.4 Å². The lowest BCUT2D eigenvalue weighted by atomic mass is 10.1. The summed E-state index contributed by atoms with van der Waals surface area (Å²) in [6.07, 6.45) is 11.4. The predicted molar refractivity (Wildman–Crippen MR) is 205 cm³/mol. The Morgan fingerprint density at radius 3 is 2.23 bits per heavy atom. The van der Waals surface area contributed by atoms with Gasteiger partial charge in [-0.2, -0.15) is 0 Å². The van der Waals surface area contributed by atoms with Crippen molar-refractivity contribution in [1.29, 1.82) is 0 Å².